The van der Waals surface area contributed by atoms with Gasteiger partial charge in [-0.05, 0) is 30.3 Å². The van der Waals surface area contributed by atoms with E-state index in [-0.39, 0.29) is 11.8 Å². The number of ether oxygens (including phenoxy) is 2. The van der Waals surface area contributed by atoms with Gasteiger partial charge in [-0.15, -0.1) is 5.10 Å². The molecule has 1 aliphatic heterocycles. The van der Waals surface area contributed by atoms with Crippen molar-refractivity contribution in [2.24, 2.45) is 5.10 Å². The summed E-state index contributed by atoms with van der Waals surface area (Å²) in [6.07, 6.45) is 0. The molecule has 29 heavy (non-hydrogen) atoms. The van der Waals surface area contributed by atoms with Gasteiger partial charge in [0.15, 0.2) is 5.17 Å². The zero-order chi connectivity index (χ0) is 20.8. The number of nitrogens with one attached hydrogen (secondary N) is 1. The maximum Gasteiger partial charge on any atom is 0.241 e. The Morgan fingerprint density at radius 2 is 1.86 bits per heavy atom. The Bertz CT molecular complexity index is 923. The van der Waals surface area contributed by atoms with E-state index in [4.69, 9.17) is 21.1 Å². The molecule has 0 aromatic heterocycles. The third-order valence-corrected chi connectivity index (χ3v) is 5.16. The number of benzene rings is 2. The molecule has 0 unspecified atom stereocenters. The molecule has 0 spiro atoms. The highest BCUT2D eigenvalue weighted by Gasteiger charge is 2.34. The maximum absolute atomic E-state index is 12.1. The first-order chi connectivity index (χ1) is 13.9. The number of carbonyl (C=O) groups excluding carboxylic acids is 2. The third-order valence-electron chi connectivity index (χ3n) is 3.84. The molecular formula is C20H20ClN3O4S. The number of nitrogens with zero attached hydrogens (tertiary/aromatic N) is 2. The SMILES string of the molecule is CC(=O)NC1=NN(C(C)=O)[C@@H](c2cc(Cl)ccc2OCCOc2ccccc2)S1. The smallest absolute Gasteiger partial charge is 0.241 e. The first-order valence-corrected chi connectivity index (χ1v) is 10.1. The lowest BCUT2D eigenvalue weighted by atomic mass is 10.2. The normalized spacial score (nSPS) is 15.6. The summed E-state index contributed by atoms with van der Waals surface area (Å²) in [4.78, 5) is 23.4. The van der Waals surface area contributed by atoms with E-state index >= 15 is 0 Å². The van der Waals surface area contributed by atoms with Crippen LogP contribution in [-0.4, -0.2) is 35.2 Å². The fraction of sp³-hybridized carbons (Fsp3) is 0.250. The Labute approximate surface area is 178 Å². The van der Waals surface area contributed by atoms with Crippen molar-refractivity contribution in [1.29, 1.82) is 0 Å². The van der Waals surface area contributed by atoms with Gasteiger partial charge in [0, 0.05) is 24.4 Å². The van der Waals surface area contributed by atoms with E-state index in [0.717, 1.165) is 5.75 Å². The lowest BCUT2D eigenvalue weighted by Crippen LogP contribution is -2.25. The number of amides is 2. The van der Waals surface area contributed by atoms with Crippen LogP contribution in [0.25, 0.3) is 0 Å². The summed E-state index contributed by atoms with van der Waals surface area (Å²) in [5, 5.41) is 8.46. The quantitative estimate of drug-likeness (QED) is 0.701. The molecule has 0 bridgehead atoms. The van der Waals surface area contributed by atoms with E-state index < -0.39 is 5.37 Å². The van der Waals surface area contributed by atoms with Crippen LogP contribution in [0.3, 0.4) is 0 Å². The highest BCUT2D eigenvalue weighted by molar-refractivity contribution is 8.14. The van der Waals surface area contributed by atoms with Crippen molar-refractivity contribution in [3.63, 3.8) is 0 Å². The molecule has 2 amide bonds. The molecule has 152 valence electrons. The number of para-hydroxylation sites is 1. The van der Waals surface area contributed by atoms with E-state index in [1.54, 1.807) is 18.2 Å². The van der Waals surface area contributed by atoms with Gasteiger partial charge in [-0.3, -0.25) is 9.59 Å². The summed E-state index contributed by atoms with van der Waals surface area (Å²) in [6, 6.07) is 14.6. The molecule has 0 saturated carbocycles. The topological polar surface area (TPSA) is 80.2 Å². The van der Waals surface area contributed by atoms with Gasteiger partial charge in [0.1, 0.15) is 30.1 Å². The van der Waals surface area contributed by atoms with Gasteiger partial charge in [0.05, 0.1) is 0 Å². The van der Waals surface area contributed by atoms with Crippen LogP contribution in [0.2, 0.25) is 5.02 Å². The average molecular weight is 434 g/mol. The standard InChI is InChI=1S/C20H20ClN3O4S/c1-13(25)22-20-23-24(14(2)26)19(29-20)17-12-15(21)8-9-18(17)28-11-10-27-16-6-4-3-5-7-16/h3-9,12,19H,10-11H2,1-2H3,(H,22,23,25)/t19-/m1/s1. The van der Waals surface area contributed by atoms with Crippen LogP contribution in [0.1, 0.15) is 24.8 Å². The Balaban J connectivity index is 1.72. The second-order valence-corrected chi connectivity index (χ2v) is 7.62. The Morgan fingerprint density at radius 3 is 2.55 bits per heavy atom. The van der Waals surface area contributed by atoms with Gasteiger partial charge in [-0.25, -0.2) is 5.01 Å². The van der Waals surface area contributed by atoms with E-state index in [9.17, 15) is 9.59 Å². The zero-order valence-corrected chi connectivity index (χ0v) is 17.5. The van der Waals surface area contributed by atoms with Crippen molar-refractivity contribution in [3.8, 4) is 11.5 Å². The average Bonchev–Trinajstić information content (AvgIpc) is 3.10. The molecule has 1 atom stereocenters. The van der Waals surface area contributed by atoms with Crippen LogP contribution in [0, 0.1) is 0 Å². The number of hydrogen-bond donors (Lipinski definition) is 1. The van der Waals surface area contributed by atoms with Crippen molar-refractivity contribution in [2.45, 2.75) is 19.2 Å². The van der Waals surface area contributed by atoms with Crippen LogP contribution in [0.15, 0.2) is 53.6 Å². The Hall–Kier alpha value is -2.71. The van der Waals surface area contributed by atoms with Crippen LogP contribution >= 0.6 is 23.4 Å². The molecule has 2 aromatic carbocycles. The molecule has 7 nitrogen and oxygen atoms in total. The van der Waals surface area contributed by atoms with Gasteiger partial charge in [0.25, 0.3) is 0 Å². The second-order valence-electron chi connectivity index (χ2n) is 6.11. The fourth-order valence-electron chi connectivity index (χ4n) is 2.64. The van der Waals surface area contributed by atoms with Crippen molar-refractivity contribution >= 4 is 40.3 Å². The molecule has 1 aliphatic rings. The molecule has 9 heteroatoms. The highest BCUT2D eigenvalue weighted by atomic mass is 35.5. The summed E-state index contributed by atoms with van der Waals surface area (Å²) in [5.41, 5.74) is 0.682. The predicted molar refractivity (Wildman–Crippen MR) is 113 cm³/mol. The minimum atomic E-state index is -0.502. The minimum absolute atomic E-state index is 0.263. The number of halogens is 1. The van der Waals surface area contributed by atoms with Crippen LogP contribution in [0.4, 0.5) is 0 Å². The number of hydrogen-bond acceptors (Lipinski definition) is 6. The number of hydrazone groups is 1. The third kappa shape index (κ3) is 5.65. The molecule has 1 N–H and O–H groups in total. The molecule has 0 aliphatic carbocycles. The molecule has 2 aromatic rings. The summed E-state index contributed by atoms with van der Waals surface area (Å²) >= 11 is 7.43. The van der Waals surface area contributed by atoms with Gasteiger partial charge in [0.2, 0.25) is 11.8 Å². The molecule has 0 radical (unpaired) electrons. The lowest BCUT2D eigenvalue weighted by molar-refractivity contribution is -0.129. The van der Waals surface area contributed by atoms with Gasteiger partial charge in [-0.1, -0.05) is 41.6 Å². The summed E-state index contributed by atoms with van der Waals surface area (Å²) < 4.78 is 11.5. The van der Waals surface area contributed by atoms with Crippen molar-refractivity contribution in [2.75, 3.05) is 13.2 Å². The van der Waals surface area contributed by atoms with Crippen molar-refractivity contribution < 1.29 is 19.1 Å². The van der Waals surface area contributed by atoms with Gasteiger partial charge < -0.3 is 14.8 Å². The highest BCUT2D eigenvalue weighted by Crippen LogP contribution is 2.43. The largest absolute Gasteiger partial charge is 0.490 e. The van der Waals surface area contributed by atoms with Crippen molar-refractivity contribution in [1.82, 2.24) is 10.3 Å². The lowest BCUT2D eigenvalue weighted by Gasteiger charge is -2.22. The van der Waals surface area contributed by atoms with Crippen LogP contribution < -0.4 is 14.8 Å². The summed E-state index contributed by atoms with van der Waals surface area (Å²) in [5.74, 6) is 0.797. The first kappa shape index (κ1) is 21.0. The molecular weight excluding hydrogens is 414 g/mol. The van der Waals surface area contributed by atoms with Crippen LogP contribution in [-0.2, 0) is 9.59 Å². The second kappa shape index (κ2) is 9.67. The summed E-state index contributed by atoms with van der Waals surface area (Å²) in [7, 11) is 0. The van der Waals surface area contributed by atoms with E-state index in [2.05, 4.69) is 10.4 Å². The fourth-order valence-corrected chi connectivity index (χ4v) is 3.97. The van der Waals surface area contributed by atoms with Crippen molar-refractivity contribution in [3.05, 3.63) is 59.1 Å². The van der Waals surface area contributed by atoms with E-state index in [1.165, 1.54) is 30.6 Å². The number of thioether (sulfide) groups is 1. The number of rotatable bonds is 6. The molecule has 0 saturated heterocycles. The van der Waals surface area contributed by atoms with Gasteiger partial charge >= 0.3 is 0 Å². The molecule has 3 rings (SSSR count). The minimum Gasteiger partial charge on any atom is -0.490 e. The first-order valence-electron chi connectivity index (χ1n) is 8.87. The number of carbonyl (C=O) groups is 2. The predicted octanol–water partition coefficient (Wildman–Crippen LogP) is 3.80. The Kier molecular flexibility index (Phi) is 7.00. The monoisotopic (exact) mass is 433 g/mol. The maximum atomic E-state index is 12.1. The molecule has 1 heterocycles. The zero-order valence-electron chi connectivity index (χ0n) is 15.9. The van der Waals surface area contributed by atoms with E-state index in [1.807, 2.05) is 30.3 Å². The van der Waals surface area contributed by atoms with Gasteiger partial charge in [-0.2, -0.15) is 0 Å². The Morgan fingerprint density at radius 1 is 1.14 bits per heavy atom. The van der Waals surface area contributed by atoms with Crippen LogP contribution in [0.5, 0.6) is 11.5 Å². The molecule has 0 fully saturated rings. The summed E-state index contributed by atoms with van der Waals surface area (Å²) in [6.45, 7) is 3.45. The number of amidine groups is 1. The van der Waals surface area contributed by atoms with E-state index in [0.29, 0.717) is 34.7 Å².